The number of rotatable bonds is 2. The molecule has 18 heavy (non-hydrogen) atoms. The van der Waals surface area contributed by atoms with Gasteiger partial charge < -0.3 is 15.3 Å². The van der Waals surface area contributed by atoms with Gasteiger partial charge in [-0.15, -0.1) is 5.48 Å². The summed E-state index contributed by atoms with van der Waals surface area (Å²) in [5.74, 6) is 0.261. The highest BCUT2D eigenvalue weighted by molar-refractivity contribution is 5.83. The summed E-state index contributed by atoms with van der Waals surface area (Å²) in [6.07, 6.45) is 1.86. The van der Waals surface area contributed by atoms with Crippen LogP contribution in [-0.4, -0.2) is 35.7 Å². The molecule has 0 saturated carbocycles. The molecule has 6 nitrogen and oxygen atoms in total. The van der Waals surface area contributed by atoms with Crippen molar-refractivity contribution in [1.29, 1.82) is 0 Å². The van der Waals surface area contributed by atoms with E-state index in [2.05, 4.69) is 36.9 Å². The summed E-state index contributed by atoms with van der Waals surface area (Å²) < 4.78 is 0. The molecule has 0 aromatic carbocycles. The summed E-state index contributed by atoms with van der Waals surface area (Å²) in [6, 6.07) is -0.284. The van der Waals surface area contributed by atoms with E-state index in [9.17, 15) is 9.90 Å². The van der Waals surface area contributed by atoms with Crippen LogP contribution in [-0.2, 0) is 9.63 Å². The minimum Gasteiger partial charge on any atom is -0.392 e. The summed E-state index contributed by atoms with van der Waals surface area (Å²) >= 11 is 0. The first-order valence-electron chi connectivity index (χ1n) is 6.23. The second-order valence-corrected chi connectivity index (χ2v) is 5.93. The maximum atomic E-state index is 11.9. The molecule has 0 spiro atoms. The van der Waals surface area contributed by atoms with Crippen LogP contribution in [0.4, 0.5) is 0 Å². The lowest BCUT2D eigenvalue weighted by Gasteiger charge is -2.23. The van der Waals surface area contributed by atoms with E-state index >= 15 is 0 Å². The molecular weight excluding hydrogens is 234 g/mol. The molecule has 2 heterocycles. The van der Waals surface area contributed by atoms with Crippen molar-refractivity contribution in [1.82, 2.24) is 16.1 Å². The fourth-order valence-corrected chi connectivity index (χ4v) is 1.97. The van der Waals surface area contributed by atoms with Crippen molar-refractivity contribution in [3.63, 3.8) is 0 Å². The van der Waals surface area contributed by atoms with Crippen LogP contribution >= 0.6 is 0 Å². The Balaban J connectivity index is 1.89. The molecule has 102 valence electrons. The molecule has 2 aliphatic heterocycles. The number of amides is 1. The van der Waals surface area contributed by atoms with Gasteiger partial charge in [-0.3, -0.25) is 10.1 Å². The highest BCUT2D eigenvalue weighted by Gasteiger charge is 2.32. The Labute approximate surface area is 107 Å². The van der Waals surface area contributed by atoms with Gasteiger partial charge in [0.2, 0.25) is 11.8 Å². The summed E-state index contributed by atoms with van der Waals surface area (Å²) in [5.41, 5.74) is 2.90. The Morgan fingerprint density at radius 2 is 2.28 bits per heavy atom. The highest BCUT2D eigenvalue weighted by atomic mass is 16.7. The van der Waals surface area contributed by atoms with Crippen molar-refractivity contribution in [2.45, 2.75) is 45.4 Å². The summed E-state index contributed by atoms with van der Waals surface area (Å²) in [7, 11) is 0. The SMILES string of the molecule is CC(C)(C)C1C=C(NC(=O)[C@@H]2C[C@H](O)CN2)ON1. The second-order valence-electron chi connectivity index (χ2n) is 5.93. The number of carbonyl (C=O) groups excluding carboxylic acids is 1. The molecule has 0 aromatic rings. The smallest absolute Gasteiger partial charge is 0.243 e. The average molecular weight is 255 g/mol. The predicted octanol–water partition coefficient (Wildman–Crippen LogP) is -0.384. The molecular formula is C12H21N3O3. The van der Waals surface area contributed by atoms with Gasteiger partial charge in [0.15, 0.2) is 0 Å². The number of carbonyl (C=O) groups is 1. The van der Waals surface area contributed by atoms with E-state index in [1.165, 1.54) is 0 Å². The molecule has 6 heteroatoms. The zero-order chi connectivity index (χ0) is 13.3. The van der Waals surface area contributed by atoms with Crippen LogP contribution in [0.5, 0.6) is 0 Å². The van der Waals surface area contributed by atoms with Gasteiger partial charge in [0.1, 0.15) is 0 Å². The molecule has 1 fully saturated rings. The van der Waals surface area contributed by atoms with Gasteiger partial charge in [-0.05, 0) is 17.9 Å². The van der Waals surface area contributed by atoms with Crippen molar-refractivity contribution >= 4 is 5.91 Å². The quantitative estimate of drug-likeness (QED) is 0.540. The van der Waals surface area contributed by atoms with Crippen molar-refractivity contribution in [3.8, 4) is 0 Å². The van der Waals surface area contributed by atoms with Crippen LogP contribution in [0.25, 0.3) is 0 Å². The molecule has 1 unspecified atom stereocenters. The maximum absolute atomic E-state index is 11.9. The molecule has 1 amide bonds. The first kappa shape index (κ1) is 13.3. The van der Waals surface area contributed by atoms with Crippen molar-refractivity contribution in [2.75, 3.05) is 6.54 Å². The van der Waals surface area contributed by atoms with E-state index in [1.54, 1.807) is 0 Å². The van der Waals surface area contributed by atoms with Crippen molar-refractivity contribution < 1.29 is 14.7 Å². The molecule has 0 aliphatic carbocycles. The van der Waals surface area contributed by atoms with E-state index < -0.39 is 6.10 Å². The first-order chi connectivity index (χ1) is 8.36. The van der Waals surface area contributed by atoms with Crippen LogP contribution in [0, 0.1) is 5.41 Å². The zero-order valence-electron chi connectivity index (χ0n) is 11.0. The first-order valence-corrected chi connectivity index (χ1v) is 6.23. The number of hydrogen-bond donors (Lipinski definition) is 4. The molecule has 3 atom stereocenters. The molecule has 0 aromatic heterocycles. The normalized spacial score (nSPS) is 32.0. The third-order valence-corrected chi connectivity index (χ3v) is 3.22. The van der Waals surface area contributed by atoms with E-state index in [1.807, 2.05) is 6.08 Å². The predicted molar refractivity (Wildman–Crippen MR) is 66.1 cm³/mol. The number of hydroxylamine groups is 1. The van der Waals surface area contributed by atoms with Crippen molar-refractivity contribution in [2.24, 2.45) is 5.41 Å². The van der Waals surface area contributed by atoms with Gasteiger partial charge in [-0.2, -0.15) is 0 Å². The lowest BCUT2D eigenvalue weighted by molar-refractivity contribution is -0.123. The molecule has 0 bridgehead atoms. The second kappa shape index (κ2) is 4.87. The highest BCUT2D eigenvalue weighted by Crippen LogP contribution is 2.24. The van der Waals surface area contributed by atoms with Gasteiger partial charge in [-0.25, -0.2) is 0 Å². The molecule has 1 saturated heterocycles. The zero-order valence-corrected chi connectivity index (χ0v) is 11.0. The van der Waals surface area contributed by atoms with E-state index in [-0.39, 0.29) is 23.4 Å². The Hall–Kier alpha value is -1.11. The van der Waals surface area contributed by atoms with Gasteiger partial charge >= 0.3 is 0 Å². The van der Waals surface area contributed by atoms with Gasteiger partial charge in [0.05, 0.1) is 18.2 Å². The van der Waals surface area contributed by atoms with Gasteiger partial charge in [0.25, 0.3) is 0 Å². The molecule has 2 rings (SSSR count). The third kappa shape index (κ3) is 3.01. The fraction of sp³-hybridized carbons (Fsp3) is 0.750. The van der Waals surface area contributed by atoms with Crippen LogP contribution in [0.2, 0.25) is 0 Å². The molecule has 2 aliphatic rings. The van der Waals surface area contributed by atoms with Gasteiger partial charge in [0, 0.05) is 6.54 Å². The topological polar surface area (TPSA) is 82.6 Å². The molecule has 0 radical (unpaired) electrons. The summed E-state index contributed by atoms with van der Waals surface area (Å²) in [4.78, 5) is 17.1. The van der Waals surface area contributed by atoms with E-state index in [0.717, 1.165) is 0 Å². The Kier molecular flexibility index (Phi) is 3.61. The van der Waals surface area contributed by atoms with E-state index in [4.69, 9.17) is 4.84 Å². The third-order valence-electron chi connectivity index (χ3n) is 3.22. The number of hydrogen-bond acceptors (Lipinski definition) is 5. The number of nitrogens with one attached hydrogen (secondary N) is 3. The monoisotopic (exact) mass is 255 g/mol. The lowest BCUT2D eigenvalue weighted by atomic mass is 9.87. The van der Waals surface area contributed by atoms with E-state index in [0.29, 0.717) is 18.8 Å². The number of aliphatic hydroxyl groups is 1. The summed E-state index contributed by atoms with van der Waals surface area (Å²) in [5, 5.41) is 15.0. The molecule has 4 N–H and O–H groups in total. The van der Waals surface area contributed by atoms with Crippen LogP contribution in [0.1, 0.15) is 27.2 Å². The minimum atomic E-state index is -0.445. The fourth-order valence-electron chi connectivity index (χ4n) is 1.97. The van der Waals surface area contributed by atoms with Crippen LogP contribution in [0.15, 0.2) is 12.0 Å². The maximum Gasteiger partial charge on any atom is 0.243 e. The van der Waals surface area contributed by atoms with Gasteiger partial charge in [-0.1, -0.05) is 20.8 Å². The Morgan fingerprint density at radius 3 is 2.78 bits per heavy atom. The van der Waals surface area contributed by atoms with Crippen molar-refractivity contribution in [3.05, 3.63) is 12.0 Å². The van der Waals surface area contributed by atoms with Crippen LogP contribution in [0.3, 0.4) is 0 Å². The largest absolute Gasteiger partial charge is 0.392 e. The summed E-state index contributed by atoms with van der Waals surface area (Å²) in [6.45, 7) is 6.72. The lowest BCUT2D eigenvalue weighted by Crippen LogP contribution is -2.40. The Bertz CT molecular complexity index is 362. The van der Waals surface area contributed by atoms with Crippen LogP contribution < -0.4 is 16.1 Å². The Morgan fingerprint density at radius 1 is 1.56 bits per heavy atom. The average Bonchev–Trinajstić information content (AvgIpc) is 2.85. The number of β-amino-alcohol motifs (C(OH)–C–C–N with tert-alkyl or cyclic N) is 1. The number of aliphatic hydroxyl groups excluding tert-OH is 1. The standard InChI is InChI=1S/C12H21N3O3/c1-12(2,3)9-5-10(18-15-9)14-11(17)8-4-7(16)6-13-8/h5,7-9,13,15-16H,4,6H2,1-3H3,(H,14,17)/t7-,8-,9?/m0/s1. The minimum absolute atomic E-state index is 0.0221.